The van der Waals surface area contributed by atoms with Crippen LogP contribution in [-0.4, -0.2) is 11.6 Å². The number of hydrogen-bond donors (Lipinski definition) is 0. The zero-order valence-electron chi connectivity index (χ0n) is 14.3. The van der Waals surface area contributed by atoms with Crippen LogP contribution in [0, 0.1) is 11.8 Å². The standard InChI is InChI=1S/C20H20O2S2/c1-11(2)19(21)13-5-7-15-17(9-13)23-16-8-6-14(10-18(16)24-15)20(22)12(3)4/h5-12H,1-4H3. The van der Waals surface area contributed by atoms with Gasteiger partial charge in [-0.05, 0) is 24.3 Å². The van der Waals surface area contributed by atoms with Gasteiger partial charge in [-0.3, -0.25) is 9.59 Å². The molecule has 2 aromatic carbocycles. The van der Waals surface area contributed by atoms with Crippen LogP contribution in [0.3, 0.4) is 0 Å². The maximum atomic E-state index is 12.2. The molecular formula is C20H20O2S2. The van der Waals surface area contributed by atoms with E-state index in [1.807, 2.05) is 64.1 Å². The molecule has 0 radical (unpaired) electrons. The lowest BCUT2D eigenvalue weighted by Crippen LogP contribution is -2.08. The predicted molar refractivity (Wildman–Crippen MR) is 99.5 cm³/mol. The Bertz CT molecular complexity index is 753. The van der Waals surface area contributed by atoms with Crippen LogP contribution in [0.25, 0.3) is 0 Å². The Kier molecular flexibility index (Phi) is 4.88. The summed E-state index contributed by atoms with van der Waals surface area (Å²) in [4.78, 5) is 28.9. The summed E-state index contributed by atoms with van der Waals surface area (Å²) < 4.78 is 0. The number of carbonyl (C=O) groups is 2. The normalized spacial score (nSPS) is 12.9. The molecule has 4 heteroatoms. The van der Waals surface area contributed by atoms with Crippen molar-refractivity contribution < 1.29 is 9.59 Å². The van der Waals surface area contributed by atoms with E-state index in [2.05, 4.69) is 0 Å². The summed E-state index contributed by atoms with van der Waals surface area (Å²) in [6.45, 7) is 7.69. The fraction of sp³-hybridized carbons (Fsp3) is 0.300. The Hall–Kier alpha value is -1.52. The third-order valence-electron chi connectivity index (χ3n) is 3.95. The van der Waals surface area contributed by atoms with Gasteiger partial charge < -0.3 is 0 Å². The monoisotopic (exact) mass is 356 g/mol. The van der Waals surface area contributed by atoms with Crippen LogP contribution in [0.15, 0.2) is 56.0 Å². The fourth-order valence-electron chi connectivity index (χ4n) is 2.55. The lowest BCUT2D eigenvalue weighted by atomic mass is 10.0. The van der Waals surface area contributed by atoms with Crippen molar-refractivity contribution in [3.63, 3.8) is 0 Å². The average Bonchev–Trinajstić information content (AvgIpc) is 2.57. The van der Waals surface area contributed by atoms with Crippen molar-refractivity contribution in [1.82, 2.24) is 0 Å². The van der Waals surface area contributed by atoms with Crippen LogP contribution >= 0.6 is 23.5 Å². The van der Waals surface area contributed by atoms with Crippen LogP contribution in [0.2, 0.25) is 0 Å². The van der Waals surface area contributed by atoms with Gasteiger partial charge in [-0.2, -0.15) is 0 Å². The molecule has 0 atom stereocenters. The van der Waals surface area contributed by atoms with E-state index in [-0.39, 0.29) is 23.4 Å². The van der Waals surface area contributed by atoms with E-state index in [1.54, 1.807) is 23.5 Å². The molecule has 0 saturated carbocycles. The summed E-state index contributed by atoms with van der Waals surface area (Å²) in [5.74, 6) is 0.349. The SMILES string of the molecule is CC(C)C(=O)c1ccc2c(c1)Sc1ccc(C(=O)C(C)C)cc1S2. The molecule has 24 heavy (non-hydrogen) atoms. The number of carbonyl (C=O) groups excluding carboxylic acids is 2. The molecule has 0 bridgehead atoms. The second-order valence-electron chi connectivity index (χ2n) is 6.57. The van der Waals surface area contributed by atoms with E-state index in [0.717, 1.165) is 30.7 Å². The first-order valence-electron chi connectivity index (χ1n) is 8.09. The van der Waals surface area contributed by atoms with Gasteiger partial charge in [0.05, 0.1) is 0 Å². The minimum absolute atomic E-state index is 0.00110. The number of Topliss-reactive ketones (excluding diaryl/α,β-unsaturated/α-hetero) is 2. The van der Waals surface area contributed by atoms with E-state index in [9.17, 15) is 9.59 Å². The molecule has 3 rings (SSSR count). The van der Waals surface area contributed by atoms with Gasteiger partial charge in [0.15, 0.2) is 11.6 Å². The Morgan fingerprint density at radius 1 is 0.667 bits per heavy atom. The highest BCUT2D eigenvalue weighted by Gasteiger charge is 2.21. The van der Waals surface area contributed by atoms with Crippen molar-refractivity contribution in [1.29, 1.82) is 0 Å². The Balaban J connectivity index is 1.92. The minimum Gasteiger partial charge on any atom is -0.294 e. The summed E-state index contributed by atoms with van der Waals surface area (Å²) in [6, 6.07) is 11.8. The van der Waals surface area contributed by atoms with Crippen molar-refractivity contribution in [2.75, 3.05) is 0 Å². The highest BCUT2D eigenvalue weighted by molar-refractivity contribution is 8.05. The van der Waals surface area contributed by atoms with Crippen molar-refractivity contribution in [2.24, 2.45) is 11.8 Å². The first-order valence-corrected chi connectivity index (χ1v) is 9.72. The Labute approximate surface area is 151 Å². The first kappa shape index (κ1) is 17.3. The van der Waals surface area contributed by atoms with Gasteiger partial charge >= 0.3 is 0 Å². The number of hydrogen-bond acceptors (Lipinski definition) is 4. The highest BCUT2D eigenvalue weighted by Crippen LogP contribution is 2.49. The molecule has 2 aromatic rings. The summed E-state index contributed by atoms with van der Waals surface area (Å²) in [5, 5.41) is 0. The molecule has 1 aliphatic rings. The minimum atomic E-state index is 0.00110. The van der Waals surface area contributed by atoms with Crippen LogP contribution in [0.1, 0.15) is 48.4 Å². The molecule has 0 N–H and O–H groups in total. The molecule has 1 heterocycles. The molecule has 0 fully saturated rings. The second-order valence-corrected chi connectivity index (χ2v) is 8.73. The van der Waals surface area contributed by atoms with E-state index in [0.29, 0.717) is 0 Å². The fourth-order valence-corrected chi connectivity index (χ4v) is 4.83. The smallest absolute Gasteiger partial charge is 0.165 e. The molecule has 124 valence electrons. The van der Waals surface area contributed by atoms with E-state index in [1.165, 1.54) is 0 Å². The molecule has 0 saturated heterocycles. The quantitative estimate of drug-likeness (QED) is 0.539. The lowest BCUT2D eigenvalue weighted by molar-refractivity contribution is 0.0932. The number of ketones is 2. The molecule has 0 aromatic heterocycles. The second kappa shape index (κ2) is 6.77. The van der Waals surface area contributed by atoms with Gasteiger partial charge in [-0.25, -0.2) is 0 Å². The topological polar surface area (TPSA) is 34.1 Å². The zero-order valence-corrected chi connectivity index (χ0v) is 15.9. The van der Waals surface area contributed by atoms with Gasteiger partial charge in [-0.15, -0.1) is 0 Å². The Morgan fingerprint density at radius 3 is 1.38 bits per heavy atom. The predicted octanol–water partition coefficient (Wildman–Crippen LogP) is 5.98. The van der Waals surface area contributed by atoms with Gasteiger partial charge in [-0.1, -0.05) is 63.4 Å². The number of rotatable bonds is 4. The molecule has 0 unspecified atom stereocenters. The maximum absolute atomic E-state index is 12.2. The van der Waals surface area contributed by atoms with Crippen LogP contribution in [0.4, 0.5) is 0 Å². The van der Waals surface area contributed by atoms with Gasteiger partial charge in [0.25, 0.3) is 0 Å². The summed E-state index contributed by atoms with van der Waals surface area (Å²) in [5.41, 5.74) is 1.54. The highest BCUT2D eigenvalue weighted by atomic mass is 32.2. The van der Waals surface area contributed by atoms with Crippen LogP contribution < -0.4 is 0 Å². The first-order chi connectivity index (χ1) is 11.4. The Morgan fingerprint density at radius 2 is 1.04 bits per heavy atom. The zero-order chi connectivity index (χ0) is 17.4. The van der Waals surface area contributed by atoms with Crippen molar-refractivity contribution >= 4 is 35.1 Å². The van der Waals surface area contributed by atoms with E-state index >= 15 is 0 Å². The third kappa shape index (κ3) is 3.31. The molecular weight excluding hydrogens is 336 g/mol. The third-order valence-corrected chi connectivity index (χ3v) is 6.47. The van der Waals surface area contributed by atoms with E-state index in [4.69, 9.17) is 0 Å². The summed E-state index contributed by atoms with van der Waals surface area (Å²) in [6.07, 6.45) is 0. The number of fused-ring (bicyclic) bond motifs is 2. The largest absolute Gasteiger partial charge is 0.294 e. The molecule has 1 aliphatic heterocycles. The van der Waals surface area contributed by atoms with E-state index < -0.39 is 0 Å². The summed E-state index contributed by atoms with van der Waals surface area (Å²) >= 11 is 3.34. The van der Waals surface area contributed by atoms with Gasteiger partial charge in [0.2, 0.25) is 0 Å². The van der Waals surface area contributed by atoms with Gasteiger partial charge in [0.1, 0.15) is 0 Å². The van der Waals surface area contributed by atoms with Crippen LogP contribution in [-0.2, 0) is 0 Å². The lowest BCUT2D eigenvalue weighted by Gasteiger charge is -2.20. The van der Waals surface area contributed by atoms with Crippen molar-refractivity contribution in [3.05, 3.63) is 47.5 Å². The van der Waals surface area contributed by atoms with Gasteiger partial charge in [0, 0.05) is 42.5 Å². The molecule has 0 spiro atoms. The molecule has 0 aliphatic carbocycles. The van der Waals surface area contributed by atoms with Crippen molar-refractivity contribution in [3.8, 4) is 0 Å². The van der Waals surface area contributed by atoms with Crippen LogP contribution in [0.5, 0.6) is 0 Å². The maximum Gasteiger partial charge on any atom is 0.165 e. The molecule has 2 nitrogen and oxygen atoms in total. The molecule has 0 amide bonds. The number of benzene rings is 2. The average molecular weight is 357 g/mol. The van der Waals surface area contributed by atoms with Crippen molar-refractivity contribution in [2.45, 2.75) is 47.3 Å². The summed E-state index contributed by atoms with van der Waals surface area (Å²) in [7, 11) is 0.